The number of hydrogen-bond donors (Lipinski definition) is 1. The molecule has 0 bridgehead atoms. The minimum Gasteiger partial charge on any atom is -0.481 e. The summed E-state index contributed by atoms with van der Waals surface area (Å²) in [6.07, 6.45) is 4.41. The molecule has 0 radical (unpaired) electrons. The van der Waals surface area contributed by atoms with Crippen molar-refractivity contribution in [3.63, 3.8) is 0 Å². The average molecular weight is 366 g/mol. The number of amides is 1. The predicted octanol–water partition coefficient (Wildman–Crippen LogP) is 3.22. The second kappa shape index (κ2) is 8.49. The molecule has 3 rings (SSSR count). The molecule has 2 heterocycles. The number of nitrogens with zero attached hydrogens (tertiary/aromatic N) is 1. The summed E-state index contributed by atoms with van der Waals surface area (Å²) in [5.41, 5.74) is 2.00. The maximum Gasteiger partial charge on any atom is 0.336 e. The van der Waals surface area contributed by atoms with E-state index in [0.717, 1.165) is 29.4 Å². The van der Waals surface area contributed by atoms with Crippen LogP contribution in [-0.2, 0) is 17.8 Å². The number of hydrogen-bond acceptors (Lipinski definition) is 5. The lowest BCUT2D eigenvalue weighted by atomic mass is 10.1. The Labute approximate surface area is 157 Å². The molecule has 6 heteroatoms. The van der Waals surface area contributed by atoms with Gasteiger partial charge in [0.15, 0.2) is 6.10 Å². The van der Waals surface area contributed by atoms with E-state index in [1.165, 1.54) is 6.07 Å². The lowest BCUT2D eigenvalue weighted by Gasteiger charge is -2.15. The third kappa shape index (κ3) is 4.73. The van der Waals surface area contributed by atoms with Crippen LogP contribution in [0.5, 0.6) is 5.75 Å². The Bertz CT molecular complexity index is 982. The fourth-order valence-corrected chi connectivity index (χ4v) is 2.85. The molecule has 0 aliphatic heterocycles. The standard InChI is InChI=1S/C21H22N2O4/c1-3-4-16-11-20(24)27-19-12-17(5-6-18(16)19)26-14(2)21(25)23-13-15-7-9-22-10-8-15/h5-12,14H,3-4,13H2,1-2H3,(H,23,25). The monoisotopic (exact) mass is 366 g/mol. The van der Waals surface area contributed by atoms with Gasteiger partial charge in [0, 0.05) is 36.5 Å². The number of carbonyl (C=O) groups excluding carboxylic acids is 1. The maximum absolute atomic E-state index is 12.3. The Morgan fingerprint density at radius 2 is 2.00 bits per heavy atom. The number of benzene rings is 1. The van der Waals surface area contributed by atoms with Crippen molar-refractivity contribution in [2.75, 3.05) is 0 Å². The van der Waals surface area contributed by atoms with Crippen LogP contribution in [0, 0.1) is 0 Å². The van der Waals surface area contributed by atoms with Crippen molar-refractivity contribution in [2.45, 2.75) is 39.3 Å². The Balaban J connectivity index is 1.70. The molecule has 1 atom stereocenters. The first kappa shape index (κ1) is 18.6. The van der Waals surface area contributed by atoms with Crippen LogP contribution in [0.4, 0.5) is 0 Å². The van der Waals surface area contributed by atoms with E-state index in [1.807, 2.05) is 18.2 Å². The highest BCUT2D eigenvalue weighted by atomic mass is 16.5. The number of ether oxygens (including phenoxy) is 1. The highest BCUT2D eigenvalue weighted by Crippen LogP contribution is 2.24. The van der Waals surface area contributed by atoms with Gasteiger partial charge in [0.05, 0.1) is 0 Å². The van der Waals surface area contributed by atoms with E-state index >= 15 is 0 Å². The number of aryl methyl sites for hydroxylation is 1. The largest absolute Gasteiger partial charge is 0.481 e. The van der Waals surface area contributed by atoms with Crippen molar-refractivity contribution in [3.8, 4) is 5.75 Å². The maximum atomic E-state index is 12.3. The van der Waals surface area contributed by atoms with Crippen LogP contribution in [0.25, 0.3) is 11.0 Å². The highest BCUT2D eigenvalue weighted by Gasteiger charge is 2.15. The molecule has 1 unspecified atom stereocenters. The summed E-state index contributed by atoms with van der Waals surface area (Å²) in [6.45, 7) is 4.14. The number of aromatic nitrogens is 1. The third-order valence-corrected chi connectivity index (χ3v) is 4.22. The number of fused-ring (bicyclic) bond motifs is 1. The topological polar surface area (TPSA) is 81.4 Å². The smallest absolute Gasteiger partial charge is 0.336 e. The van der Waals surface area contributed by atoms with E-state index < -0.39 is 6.10 Å². The Morgan fingerprint density at radius 3 is 2.74 bits per heavy atom. The second-order valence-corrected chi connectivity index (χ2v) is 6.33. The van der Waals surface area contributed by atoms with Crippen molar-refractivity contribution >= 4 is 16.9 Å². The van der Waals surface area contributed by atoms with Crippen LogP contribution in [0.2, 0.25) is 0 Å². The molecular weight excluding hydrogens is 344 g/mol. The quantitative estimate of drug-likeness (QED) is 0.649. The van der Waals surface area contributed by atoms with Gasteiger partial charge >= 0.3 is 5.63 Å². The number of pyridine rings is 1. The fourth-order valence-electron chi connectivity index (χ4n) is 2.85. The molecule has 0 fully saturated rings. The summed E-state index contributed by atoms with van der Waals surface area (Å²) in [7, 11) is 0. The van der Waals surface area contributed by atoms with Crippen LogP contribution >= 0.6 is 0 Å². The predicted molar refractivity (Wildman–Crippen MR) is 103 cm³/mol. The summed E-state index contributed by atoms with van der Waals surface area (Å²) in [5.74, 6) is 0.249. The Hall–Kier alpha value is -3.15. The average Bonchev–Trinajstić information content (AvgIpc) is 2.66. The molecule has 0 saturated carbocycles. The van der Waals surface area contributed by atoms with E-state index in [9.17, 15) is 9.59 Å². The van der Waals surface area contributed by atoms with Gasteiger partial charge in [0.2, 0.25) is 0 Å². The first-order chi connectivity index (χ1) is 13.1. The highest BCUT2D eigenvalue weighted by molar-refractivity contribution is 5.83. The molecule has 0 aliphatic carbocycles. The van der Waals surface area contributed by atoms with E-state index in [-0.39, 0.29) is 11.5 Å². The van der Waals surface area contributed by atoms with E-state index in [2.05, 4.69) is 17.2 Å². The number of nitrogens with one attached hydrogen (secondary N) is 1. The van der Waals surface area contributed by atoms with Crippen molar-refractivity contribution in [1.29, 1.82) is 0 Å². The molecule has 27 heavy (non-hydrogen) atoms. The molecule has 0 aliphatic rings. The van der Waals surface area contributed by atoms with Gasteiger partial charge in [-0.3, -0.25) is 9.78 Å². The van der Waals surface area contributed by atoms with E-state index in [0.29, 0.717) is 17.9 Å². The number of rotatable bonds is 7. The summed E-state index contributed by atoms with van der Waals surface area (Å²) < 4.78 is 11.0. The molecule has 0 spiro atoms. The Morgan fingerprint density at radius 1 is 1.22 bits per heavy atom. The molecule has 0 saturated heterocycles. The van der Waals surface area contributed by atoms with Gasteiger partial charge in [0.25, 0.3) is 5.91 Å². The Kier molecular flexibility index (Phi) is 5.86. The van der Waals surface area contributed by atoms with Crippen LogP contribution in [0.3, 0.4) is 0 Å². The number of carbonyl (C=O) groups is 1. The van der Waals surface area contributed by atoms with Gasteiger partial charge in [-0.1, -0.05) is 13.3 Å². The zero-order valence-corrected chi connectivity index (χ0v) is 15.4. The van der Waals surface area contributed by atoms with Crippen LogP contribution in [-0.4, -0.2) is 17.0 Å². The van der Waals surface area contributed by atoms with E-state index in [1.54, 1.807) is 31.5 Å². The van der Waals surface area contributed by atoms with Crippen molar-refractivity contribution < 1.29 is 13.9 Å². The molecule has 140 valence electrons. The third-order valence-electron chi connectivity index (χ3n) is 4.22. The van der Waals surface area contributed by atoms with Gasteiger partial charge in [-0.25, -0.2) is 4.79 Å². The van der Waals surface area contributed by atoms with Crippen molar-refractivity contribution in [2.24, 2.45) is 0 Å². The molecule has 2 aromatic heterocycles. The summed E-state index contributed by atoms with van der Waals surface area (Å²) in [5, 5.41) is 3.71. The van der Waals surface area contributed by atoms with E-state index in [4.69, 9.17) is 9.15 Å². The van der Waals surface area contributed by atoms with Crippen LogP contribution in [0.1, 0.15) is 31.4 Å². The normalized spacial score (nSPS) is 11.9. The fraction of sp³-hybridized carbons (Fsp3) is 0.286. The summed E-state index contributed by atoms with van der Waals surface area (Å²) in [6, 6.07) is 10.5. The molecule has 1 N–H and O–H groups in total. The molecule has 1 amide bonds. The molecular formula is C21H22N2O4. The van der Waals surface area contributed by atoms with Crippen LogP contribution in [0.15, 0.2) is 58.0 Å². The van der Waals surface area contributed by atoms with Gasteiger partial charge < -0.3 is 14.5 Å². The zero-order chi connectivity index (χ0) is 19.2. The first-order valence-electron chi connectivity index (χ1n) is 8.97. The van der Waals surface area contributed by atoms with Gasteiger partial charge in [-0.2, -0.15) is 0 Å². The first-order valence-corrected chi connectivity index (χ1v) is 8.97. The lowest BCUT2D eigenvalue weighted by molar-refractivity contribution is -0.127. The summed E-state index contributed by atoms with van der Waals surface area (Å²) in [4.78, 5) is 28.0. The lowest BCUT2D eigenvalue weighted by Crippen LogP contribution is -2.35. The minimum absolute atomic E-state index is 0.229. The zero-order valence-electron chi connectivity index (χ0n) is 15.4. The van der Waals surface area contributed by atoms with Gasteiger partial charge in [-0.15, -0.1) is 0 Å². The SMILES string of the molecule is CCCc1cc(=O)oc2cc(OC(C)C(=O)NCc3ccncc3)ccc12. The van der Waals surface area contributed by atoms with Gasteiger partial charge in [0.1, 0.15) is 11.3 Å². The van der Waals surface area contributed by atoms with Crippen molar-refractivity contribution in [1.82, 2.24) is 10.3 Å². The summed E-state index contributed by atoms with van der Waals surface area (Å²) >= 11 is 0. The second-order valence-electron chi connectivity index (χ2n) is 6.33. The van der Waals surface area contributed by atoms with Gasteiger partial charge in [-0.05, 0) is 48.7 Å². The van der Waals surface area contributed by atoms with Crippen LogP contribution < -0.4 is 15.7 Å². The minimum atomic E-state index is -0.685. The van der Waals surface area contributed by atoms with Crippen molar-refractivity contribution in [3.05, 3.63) is 70.3 Å². The molecule has 1 aromatic carbocycles. The molecule has 6 nitrogen and oxygen atoms in total. The molecule has 3 aromatic rings.